The Morgan fingerprint density at radius 1 is 0.900 bits per heavy atom. The fourth-order valence-corrected chi connectivity index (χ4v) is 5.59. The first-order chi connectivity index (χ1) is 14.5. The molecule has 2 aliphatic rings. The third-order valence-corrected chi connectivity index (χ3v) is 7.49. The highest BCUT2D eigenvalue weighted by Crippen LogP contribution is 2.25. The monoisotopic (exact) mass is 424 g/mol. The van der Waals surface area contributed by atoms with Gasteiger partial charge in [0.05, 0.1) is 23.1 Å². The van der Waals surface area contributed by atoms with Crippen molar-refractivity contribution < 1.29 is 13.2 Å². The first kappa shape index (κ1) is 20.2. The molecule has 2 aromatic carbocycles. The Hall–Kier alpha value is -3.05. The molecule has 2 heterocycles. The highest BCUT2D eigenvalue weighted by atomic mass is 32.2. The molecule has 2 saturated heterocycles. The fraction of sp³-hybridized carbons (Fsp3) is 0.364. The van der Waals surface area contributed by atoms with Gasteiger partial charge in [0.15, 0.2) is 0 Å². The molecule has 1 amide bonds. The van der Waals surface area contributed by atoms with Crippen molar-refractivity contribution in [3.63, 3.8) is 0 Å². The van der Waals surface area contributed by atoms with Crippen LogP contribution in [0.15, 0.2) is 48.5 Å². The van der Waals surface area contributed by atoms with Gasteiger partial charge in [0, 0.05) is 44.0 Å². The molecule has 8 heteroatoms. The molecule has 0 aromatic heterocycles. The Morgan fingerprint density at radius 3 is 2.40 bits per heavy atom. The molecular weight excluding hydrogens is 400 g/mol. The summed E-state index contributed by atoms with van der Waals surface area (Å²) in [5, 5.41) is 8.96. The SMILES string of the molecule is N#Cc1ccc(N2CCCN(C(=O)c3cccc(N4CCCS4(=O)=O)c3)CC2)cc1. The molecule has 156 valence electrons. The van der Waals surface area contributed by atoms with E-state index in [2.05, 4.69) is 11.0 Å². The number of carbonyl (C=O) groups excluding carboxylic acids is 1. The van der Waals surface area contributed by atoms with Crippen LogP contribution in [0.1, 0.15) is 28.8 Å². The predicted octanol–water partition coefficient (Wildman–Crippen LogP) is 2.45. The number of nitrogens with zero attached hydrogens (tertiary/aromatic N) is 4. The van der Waals surface area contributed by atoms with Crippen molar-refractivity contribution in [1.82, 2.24) is 4.90 Å². The van der Waals surface area contributed by atoms with E-state index in [-0.39, 0.29) is 11.7 Å². The van der Waals surface area contributed by atoms with Crippen molar-refractivity contribution in [2.45, 2.75) is 12.8 Å². The third kappa shape index (κ3) is 4.12. The number of hydrogen-bond donors (Lipinski definition) is 0. The lowest BCUT2D eigenvalue weighted by Crippen LogP contribution is -2.35. The van der Waals surface area contributed by atoms with E-state index >= 15 is 0 Å². The van der Waals surface area contributed by atoms with Gasteiger partial charge in [-0.15, -0.1) is 0 Å². The lowest BCUT2D eigenvalue weighted by molar-refractivity contribution is 0.0767. The zero-order chi connectivity index (χ0) is 21.1. The number of nitriles is 1. The number of amides is 1. The topological polar surface area (TPSA) is 84.7 Å². The molecule has 7 nitrogen and oxygen atoms in total. The molecule has 0 radical (unpaired) electrons. The van der Waals surface area contributed by atoms with Crippen LogP contribution in [0.2, 0.25) is 0 Å². The molecule has 4 rings (SSSR count). The average Bonchev–Trinajstić information content (AvgIpc) is 2.97. The number of carbonyl (C=O) groups is 1. The van der Waals surface area contributed by atoms with Crippen LogP contribution in [-0.4, -0.2) is 57.7 Å². The molecule has 0 N–H and O–H groups in total. The first-order valence-corrected chi connectivity index (χ1v) is 11.7. The molecule has 30 heavy (non-hydrogen) atoms. The summed E-state index contributed by atoms with van der Waals surface area (Å²) >= 11 is 0. The Labute approximate surface area is 177 Å². The van der Waals surface area contributed by atoms with E-state index < -0.39 is 10.0 Å². The molecule has 2 fully saturated rings. The third-order valence-electron chi connectivity index (χ3n) is 5.63. The molecule has 0 atom stereocenters. The van der Waals surface area contributed by atoms with Gasteiger partial charge >= 0.3 is 0 Å². The highest BCUT2D eigenvalue weighted by molar-refractivity contribution is 7.93. The van der Waals surface area contributed by atoms with E-state index in [0.717, 1.165) is 18.7 Å². The maximum atomic E-state index is 13.1. The number of sulfonamides is 1. The van der Waals surface area contributed by atoms with E-state index in [1.165, 1.54) is 4.31 Å². The van der Waals surface area contributed by atoms with Gasteiger partial charge in [-0.25, -0.2) is 8.42 Å². The quantitative estimate of drug-likeness (QED) is 0.756. The second-order valence-electron chi connectivity index (χ2n) is 7.58. The second-order valence-corrected chi connectivity index (χ2v) is 9.60. The molecule has 0 unspecified atom stereocenters. The summed E-state index contributed by atoms with van der Waals surface area (Å²) in [5.74, 6) is 0.0813. The van der Waals surface area contributed by atoms with Gasteiger partial charge in [-0.1, -0.05) is 6.07 Å². The highest BCUT2D eigenvalue weighted by Gasteiger charge is 2.29. The Balaban J connectivity index is 1.46. The van der Waals surface area contributed by atoms with Crippen LogP contribution in [-0.2, 0) is 10.0 Å². The van der Waals surface area contributed by atoms with E-state index in [1.807, 2.05) is 17.0 Å². The van der Waals surface area contributed by atoms with Crippen molar-refractivity contribution in [3.8, 4) is 6.07 Å². The van der Waals surface area contributed by atoms with Crippen LogP contribution in [0.25, 0.3) is 0 Å². The lowest BCUT2D eigenvalue weighted by Gasteiger charge is -2.24. The van der Waals surface area contributed by atoms with E-state index in [4.69, 9.17) is 5.26 Å². The Bertz CT molecular complexity index is 1080. The maximum absolute atomic E-state index is 13.1. The summed E-state index contributed by atoms with van der Waals surface area (Å²) in [4.78, 5) is 17.2. The van der Waals surface area contributed by atoms with Crippen LogP contribution in [0.4, 0.5) is 11.4 Å². The van der Waals surface area contributed by atoms with Gasteiger partial charge in [0.25, 0.3) is 5.91 Å². The van der Waals surface area contributed by atoms with Gasteiger partial charge in [0.2, 0.25) is 10.0 Å². The summed E-state index contributed by atoms with van der Waals surface area (Å²) in [6.45, 7) is 3.24. The van der Waals surface area contributed by atoms with Gasteiger partial charge < -0.3 is 9.80 Å². The van der Waals surface area contributed by atoms with Crippen molar-refractivity contribution >= 4 is 27.3 Å². The van der Waals surface area contributed by atoms with Crippen LogP contribution in [0, 0.1) is 11.3 Å². The first-order valence-electron chi connectivity index (χ1n) is 10.1. The summed E-state index contributed by atoms with van der Waals surface area (Å²) in [6, 6.07) is 16.5. The molecule has 0 saturated carbocycles. The second kappa shape index (κ2) is 8.36. The Kier molecular flexibility index (Phi) is 5.64. The van der Waals surface area contributed by atoms with E-state index in [1.54, 1.807) is 36.4 Å². The van der Waals surface area contributed by atoms with Crippen molar-refractivity contribution in [3.05, 3.63) is 59.7 Å². The normalized spacial score (nSPS) is 18.7. The summed E-state index contributed by atoms with van der Waals surface area (Å²) in [7, 11) is -3.27. The molecule has 0 aliphatic carbocycles. The molecule has 0 bridgehead atoms. The largest absolute Gasteiger partial charge is 0.370 e. The molecular formula is C22H24N4O3S. The van der Waals surface area contributed by atoms with E-state index in [9.17, 15) is 13.2 Å². The molecule has 2 aromatic rings. The summed E-state index contributed by atoms with van der Waals surface area (Å²) < 4.78 is 25.8. The minimum absolute atomic E-state index is 0.0740. The van der Waals surface area contributed by atoms with Gasteiger partial charge in [0.1, 0.15) is 0 Å². The zero-order valence-electron chi connectivity index (χ0n) is 16.7. The summed E-state index contributed by atoms with van der Waals surface area (Å²) in [6.07, 6.45) is 1.45. The number of hydrogen-bond acceptors (Lipinski definition) is 5. The van der Waals surface area contributed by atoms with Crippen LogP contribution < -0.4 is 9.21 Å². The van der Waals surface area contributed by atoms with Crippen LogP contribution in [0.3, 0.4) is 0 Å². The minimum atomic E-state index is -3.27. The van der Waals surface area contributed by atoms with Crippen molar-refractivity contribution in [2.75, 3.05) is 47.7 Å². The fourth-order valence-electron chi connectivity index (χ4n) is 4.03. The van der Waals surface area contributed by atoms with Crippen LogP contribution >= 0.6 is 0 Å². The number of rotatable bonds is 3. The average molecular weight is 425 g/mol. The summed E-state index contributed by atoms with van der Waals surface area (Å²) in [5.41, 5.74) is 2.75. The smallest absolute Gasteiger partial charge is 0.253 e. The zero-order valence-corrected chi connectivity index (χ0v) is 17.5. The van der Waals surface area contributed by atoms with Gasteiger partial charge in [-0.05, 0) is 55.3 Å². The Morgan fingerprint density at radius 2 is 1.70 bits per heavy atom. The van der Waals surface area contributed by atoms with Gasteiger partial charge in [-0.2, -0.15) is 5.26 Å². The number of anilines is 2. The standard InChI is InChI=1S/C22H24N4O3S/c23-17-18-6-8-20(9-7-18)24-10-2-11-25(14-13-24)22(27)19-4-1-5-21(16-19)26-12-3-15-30(26,28)29/h1,4-9,16H,2-3,10-15H2. The predicted molar refractivity (Wildman–Crippen MR) is 116 cm³/mol. The molecule has 0 spiro atoms. The van der Waals surface area contributed by atoms with Crippen molar-refractivity contribution in [2.24, 2.45) is 0 Å². The van der Waals surface area contributed by atoms with Gasteiger partial charge in [-0.3, -0.25) is 9.10 Å². The molecule has 2 aliphatic heterocycles. The maximum Gasteiger partial charge on any atom is 0.253 e. The van der Waals surface area contributed by atoms with E-state index in [0.29, 0.717) is 49.4 Å². The minimum Gasteiger partial charge on any atom is -0.370 e. The lowest BCUT2D eigenvalue weighted by atomic mass is 10.1. The van der Waals surface area contributed by atoms with Crippen LogP contribution in [0.5, 0.6) is 0 Å². The van der Waals surface area contributed by atoms with Crippen molar-refractivity contribution in [1.29, 1.82) is 5.26 Å². The number of benzene rings is 2.